The van der Waals surface area contributed by atoms with Gasteiger partial charge < -0.3 is 19.9 Å². The van der Waals surface area contributed by atoms with Gasteiger partial charge in [-0.05, 0) is 6.92 Å². The van der Waals surface area contributed by atoms with E-state index >= 15 is 0 Å². The van der Waals surface area contributed by atoms with Gasteiger partial charge in [-0.25, -0.2) is 4.79 Å². The van der Waals surface area contributed by atoms with E-state index in [0.717, 1.165) is 0 Å². The second kappa shape index (κ2) is 7.28. The lowest BCUT2D eigenvalue weighted by molar-refractivity contribution is -0.148. The highest BCUT2D eigenvalue weighted by molar-refractivity contribution is 5.78. The molecule has 0 aliphatic carbocycles. The summed E-state index contributed by atoms with van der Waals surface area (Å²) < 4.78 is 9.43. The Labute approximate surface area is 82.2 Å². The molecule has 0 fully saturated rings. The highest BCUT2D eigenvalue weighted by atomic mass is 16.5. The van der Waals surface area contributed by atoms with Crippen molar-refractivity contribution in [2.45, 2.75) is 13.0 Å². The van der Waals surface area contributed by atoms with Crippen LogP contribution in [0.15, 0.2) is 0 Å². The average molecular weight is 205 g/mol. The molecule has 0 radical (unpaired) electrons. The number of carbonyl (C=O) groups excluding carboxylic acids is 1. The Morgan fingerprint density at radius 3 is 2.57 bits per heavy atom. The van der Waals surface area contributed by atoms with Crippen LogP contribution in [0.5, 0.6) is 0 Å². The number of ether oxygens (including phenoxy) is 2. The summed E-state index contributed by atoms with van der Waals surface area (Å²) in [4.78, 5) is 21.4. The SMILES string of the molecule is CCOCC(=O)NCC(OC)C(=O)O. The first-order chi connectivity index (χ1) is 6.61. The molecular weight excluding hydrogens is 190 g/mol. The van der Waals surface area contributed by atoms with Crippen molar-refractivity contribution in [2.24, 2.45) is 0 Å². The molecule has 0 aromatic heterocycles. The summed E-state index contributed by atoms with van der Waals surface area (Å²) in [7, 11) is 1.27. The van der Waals surface area contributed by atoms with Gasteiger partial charge in [-0.3, -0.25) is 4.79 Å². The molecule has 0 bridgehead atoms. The Bertz CT molecular complexity index is 194. The first-order valence-corrected chi connectivity index (χ1v) is 4.21. The number of amides is 1. The highest BCUT2D eigenvalue weighted by Crippen LogP contribution is 1.87. The van der Waals surface area contributed by atoms with Crippen LogP contribution in [0.4, 0.5) is 0 Å². The van der Waals surface area contributed by atoms with Gasteiger partial charge in [0.15, 0.2) is 6.10 Å². The van der Waals surface area contributed by atoms with Crippen LogP contribution in [0.1, 0.15) is 6.92 Å². The van der Waals surface area contributed by atoms with Crippen molar-refractivity contribution in [2.75, 3.05) is 26.9 Å². The van der Waals surface area contributed by atoms with Gasteiger partial charge in [0.05, 0.1) is 6.54 Å². The first-order valence-electron chi connectivity index (χ1n) is 4.21. The largest absolute Gasteiger partial charge is 0.479 e. The summed E-state index contributed by atoms with van der Waals surface area (Å²) in [5.74, 6) is -1.46. The van der Waals surface area contributed by atoms with Crippen LogP contribution in [-0.4, -0.2) is 50.0 Å². The fourth-order valence-corrected chi connectivity index (χ4v) is 0.724. The van der Waals surface area contributed by atoms with Gasteiger partial charge in [0.25, 0.3) is 0 Å². The first kappa shape index (κ1) is 12.9. The molecule has 0 saturated carbocycles. The van der Waals surface area contributed by atoms with Crippen LogP contribution in [0.2, 0.25) is 0 Å². The van der Waals surface area contributed by atoms with Gasteiger partial charge in [-0.1, -0.05) is 0 Å². The Kier molecular flexibility index (Phi) is 6.69. The van der Waals surface area contributed by atoms with Gasteiger partial charge in [0, 0.05) is 13.7 Å². The van der Waals surface area contributed by atoms with Gasteiger partial charge in [0.2, 0.25) is 5.91 Å². The number of aliphatic carboxylic acids is 1. The molecule has 0 rings (SSSR count). The molecule has 82 valence electrons. The molecule has 0 spiro atoms. The lowest BCUT2D eigenvalue weighted by atomic mass is 10.3. The molecule has 0 heterocycles. The van der Waals surface area contributed by atoms with E-state index < -0.39 is 12.1 Å². The minimum absolute atomic E-state index is 0.0578. The van der Waals surface area contributed by atoms with E-state index in [1.54, 1.807) is 6.92 Å². The number of carboxylic acid groups (broad SMARTS) is 1. The number of rotatable bonds is 7. The minimum atomic E-state index is -1.11. The van der Waals surface area contributed by atoms with Gasteiger partial charge >= 0.3 is 5.97 Å². The minimum Gasteiger partial charge on any atom is -0.479 e. The maximum atomic E-state index is 11.0. The Hall–Kier alpha value is -1.14. The van der Waals surface area contributed by atoms with Crippen molar-refractivity contribution >= 4 is 11.9 Å². The van der Waals surface area contributed by atoms with Crippen molar-refractivity contribution in [3.8, 4) is 0 Å². The Morgan fingerprint density at radius 2 is 2.14 bits per heavy atom. The molecule has 1 unspecified atom stereocenters. The third-order valence-corrected chi connectivity index (χ3v) is 1.48. The molecule has 2 N–H and O–H groups in total. The molecule has 6 nitrogen and oxygen atoms in total. The maximum Gasteiger partial charge on any atom is 0.334 e. The van der Waals surface area contributed by atoms with E-state index in [1.807, 2.05) is 0 Å². The zero-order chi connectivity index (χ0) is 11.0. The molecule has 0 saturated heterocycles. The van der Waals surface area contributed by atoms with Crippen LogP contribution in [-0.2, 0) is 19.1 Å². The van der Waals surface area contributed by atoms with Crippen LogP contribution in [0.25, 0.3) is 0 Å². The quantitative estimate of drug-likeness (QED) is 0.570. The fraction of sp³-hybridized carbons (Fsp3) is 0.750. The Balaban J connectivity index is 3.68. The number of methoxy groups -OCH3 is 1. The third-order valence-electron chi connectivity index (χ3n) is 1.48. The van der Waals surface area contributed by atoms with Crippen molar-refractivity contribution in [3.05, 3.63) is 0 Å². The number of carbonyl (C=O) groups is 2. The summed E-state index contributed by atoms with van der Waals surface area (Å²) in [5.41, 5.74) is 0. The number of nitrogens with one attached hydrogen (secondary N) is 1. The predicted octanol–water partition coefficient (Wildman–Crippen LogP) is -0.761. The lowest BCUT2D eigenvalue weighted by Crippen LogP contribution is -2.39. The van der Waals surface area contributed by atoms with Crippen molar-refractivity contribution in [1.82, 2.24) is 5.32 Å². The molecule has 14 heavy (non-hydrogen) atoms. The molecule has 0 aromatic carbocycles. The van der Waals surface area contributed by atoms with Gasteiger partial charge in [-0.2, -0.15) is 0 Å². The van der Waals surface area contributed by atoms with Gasteiger partial charge in [-0.15, -0.1) is 0 Å². The van der Waals surface area contributed by atoms with Crippen LogP contribution in [0.3, 0.4) is 0 Å². The van der Waals surface area contributed by atoms with Crippen molar-refractivity contribution in [3.63, 3.8) is 0 Å². The fourth-order valence-electron chi connectivity index (χ4n) is 0.724. The predicted molar refractivity (Wildman–Crippen MR) is 47.9 cm³/mol. The lowest BCUT2D eigenvalue weighted by Gasteiger charge is -2.11. The zero-order valence-corrected chi connectivity index (χ0v) is 8.28. The molecule has 6 heteroatoms. The molecule has 0 aromatic rings. The second-order valence-corrected chi connectivity index (χ2v) is 2.50. The van der Waals surface area contributed by atoms with Crippen molar-refractivity contribution < 1.29 is 24.2 Å². The van der Waals surface area contributed by atoms with E-state index in [2.05, 4.69) is 10.1 Å². The monoisotopic (exact) mass is 205 g/mol. The normalized spacial score (nSPS) is 12.1. The summed E-state index contributed by atoms with van der Waals surface area (Å²) in [6.45, 7) is 2.09. The standard InChI is InChI=1S/C8H15NO5/c1-3-14-5-7(10)9-4-6(13-2)8(11)12/h6H,3-5H2,1-2H3,(H,9,10)(H,11,12). The topological polar surface area (TPSA) is 84.9 Å². The molecular formula is C8H15NO5. The second-order valence-electron chi connectivity index (χ2n) is 2.50. The van der Waals surface area contributed by atoms with E-state index in [4.69, 9.17) is 9.84 Å². The smallest absolute Gasteiger partial charge is 0.334 e. The number of hydrogen-bond acceptors (Lipinski definition) is 4. The van der Waals surface area contributed by atoms with Crippen LogP contribution in [0, 0.1) is 0 Å². The number of carboxylic acids is 1. The third kappa shape index (κ3) is 5.50. The average Bonchev–Trinajstić information content (AvgIpc) is 2.15. The molecule has 0 aliphatic rings. The van der Waals surface area contributed by atoms with Crippen LogP contribution < -0.4 is 5.32 Å². The highest BCUT2D eigenvalue weighted by Gasteiger charge is 2.16. The molecule has 1 amide bonds. The van der Waals surface area contributed by atoms with E-state index in [0.29, 0.717) is 6.61 Å². The summed E-state index contributed by atoms with van der Waals surface area (Å²) >= 11 is 0. The Morgan fingerprint density at radius 1 is 1.50 bits per heavy atom. The summed E-state index contributed by atoms with van der Waals surface area (Å²) in [5, 5.41) is 10.9. The van der Waals surface area contributed by atoms with E-state index in [-0.39, 0.29) is 19.1 Å². The number of hydrogen-bond donors (Lipinski definition) is 2. The molecule has 1 atom stereocenters. The molecule has 0 aliphatic heterocycles. The zero-order valence-electron chi connectivity index (χ0n) is 8.28. The van der Waals surface area contributed by atoms with E-state index in [1.165, 1.54) is 7.11 Å². The summed E-state index contributed by atoms with van der Waals surface area (Å²) in [6.07, 6.45) is -1.01. The van der Waals surface area contributed by atoms with E-state index in [9.17, 15) is 9.59 Å². The summed E-state index contributed by atoms with van der Waals surface area (Å²) in [6, 6.07) is 0. The van der Waals surface area contributed by atoms with Crippen LogP contribution >= 0.6 is 0 Å². The maximum absolute atomic E-state index is 11.0. The van der Waals surface area contributed by atoms with Gasteiger partial charge in [0.1, 0.15) is 6.61 Å². The van der Waals surface area contributed by atoms with Crippen molar-refractivity contribution in [1.29, 1.82) is 0 Å².